The molecule has 3 aliphatic rings. The van der Waals surface area contributed by atoms with Crippen molar-refractivity contribution in [2.24, 2.45) is 5.92 Å². The monoisotopic (exact) mass is 788 g/mol. The van der Waals surface area contributed by atoms with Gasteiger partial charge < -0.3 is 39.9 Å². The molecule has 7 rings (SSSR count). The third-order valence-corrected chi connectivity index (χ3v) is 12.2. The Hall–Kier alpha value is -5.19. The number of thiophene rings is 1. The molecule has 56 heavy (non-hydrogen) atoms. The summed E-state index contributed by atoms with van der Waals surface area (Å²) in [6.07, 6.45) is 6.60. The largest absolute Gasteiger partial charge is 0.480 e. The van der Waals surface area contributed by atoms with Crippen molar-refractivity contribution >= 4 is 34.2 Å². The second-order valence-electron chi connectivity index (χ2n) is 15.5. The first-order valence-corrected chi connectivity index (χ1v) is 19.9. The number of β-amino-alcohol motifs (C(OH)–C–C–N with tert-alkyl or cyclic N) is 1. The van der Waals surface area contributed by atoms with Crippen LogP contribution >= 0.6 is 11.3 Å². The molecular weight excluding hydrogens is 741 g/mol. The average Bonchev–Trinajstić information content (AvgIpc) is 3.96. The number of carbonyl (C=O) groups is 2. The van der Waals surface area contributed by atoms with Gasteiger partial charge in [0.1, 0.15) is 28.8 Å². The van der Waals surface area contributed by atoms with E-state index in [0.29, 0.717) is 40.5 Å². The van der Waals surface area contributed by atoms with Crippen LogP contribution in [0.25, 0.3) is 11.5 Å². The molecule has 4 aromatic rings. The highest BCUT2D eigenvalue weighted by Crippen LogP contribution is 2.48. The van der Waals surface area contributed by atoms with Crippen molar-refractivity contribution < 1.29 is 29.1 Å². The van der Waals surface area contributed by atoms with Crippen LogP contribution in [0.3, 0.4) is 0 Å². The molecule has 0 radical (unpaired) electrons. The third-order valence-electron chi connectivity index (χ3n) is 11.1. The Balaban J connectivity index is 0.938. The highest BCUT2D eigenvalue weighted by molar-refractivity contribution is 7.16. The van der Waals surface area contributed by atoms with Crippen molar-refractivity contribution in [3.8, 4) is 23.5 Å². The molecule has 18 nitrogen and oxygen atoms in total. The molecule has 19 heteroatoms. The number of hydrogen-bond donors (Lipinski definition) is 3. The van der Waals surface area contributed by atoms with E-state index in [2.05, 4.69) is 43.2 Å². The van der Waals surface area contributed by atoms with Gasteiger partial charge in [-0.3, -0.25) is 4.79 Å². The number of hydrogen-bond acceptors (Lipinski definition) is 16. The predicted octanol–water partition coefficient (Wildman–Crippen LogP) is 2.89. The molecule has 4 aromatic heterocycles. The van der Waals surface area contributed by atoms with Crippen LogP contribution in [-0.4, -0.2) is 125 Å². The minimum atomic E-state index is -1.14. The van der Waals surface area contributed by atoms with Gasteiger partial charge in [-0.2, -0.15) is 10.2 Å². The maximum atomic E-state index is 13.4. The number of amides is 1. The Morgan fingerprint density at radius 2 is 2.05 bits per heavy atom. The Morgan fingerprint density at radius 1 is 1.23 bits per heavy atom. The van der Waals surface area contributed by atoms with Crippen molar-refractivity contribution in [2.75, 3.05) is 50.0 Å². The highest BCUT2D eigenvalue weighted by Gasteiger charge is 2.44. The molecule has 2 fully saturated rings. The summed E-state index contributed by atoms with van der Waals surface area (Å²) in [4.78, 5) is 46.4. The summed E-state index contributed by atoms with van der Waals surface area (Å²) in [5, 5.41) is 42.6. The van der Waals surface area contributed by atoms with Gasteiger partial charge >= 0.3 is 5.97 Å². The summed E-state index contributed by atoms with van der Waals surface area (Å²) >= 11 is 1.47. The normalized spacial score (nSPS) is 23.5. The zero-order valence-electron chi connectivity index (χ0n) is 32.0. The predicted molar refractivity (Wildman–Crippen MR) is 204 cm³/mol. The minimum absolute atomic E-state index is 0.00450. The van der Waals surface area contributed by atoms with Crippen LogP contribution in [0.2, 0.25) is 0 Å². The summed E-state index contributed by atoms with van der Waals surface area (Å²) in [6.45, 7) is 11.5. The number of aliphatic carboxylic acids is 1. The lowest BCUT2D eigenvalue weighted by Gasteiger charge is -2.30. The maximum absolute atomic E-state index is 13.4. The molecule has 298 valence electrons. The highest BCUT2D eigenvalue weighted by atomic mass is 32.1. The van der Waals surface area contributed by atoms with Crippen molar-refractivity contribution in [3.05, 3.63) is 40.4 Å². The number of carboxylic acid groups (broad SMARTS) is 1. The molecule has 5 atom stereocenters. The number of carbonyl (C=O) groups excluding carboxylic acids is 1. The van der Waals surface area contributed by atoms with Gasteiger partial charge in [-0.25, -0.2) is 19.4 Å². The number of carboxylic acids is 1. The molecule has 0 bridgehead atoms. The second kappa shape index (κ2) is 16.1. The molecule has 0 spiro atoms. The minimum Gasteiger partial charge on any atom is -0.480 e. The fourth-order valence-electron chi connectivity index (χ4n) is 8.31. The number of nitrogen functional groups attached to an aromatic ring is 1. The van der Waals surface area contributed by atoms with E-state index in [9.17, 15) is 25.1 Å². The Kier molecular flexibility index (Phi) is 11.2. The fourth-order valence-corrected chi connectivity index (χ4v) is 9.50. The number of fused-ring (bicyclic) bond motifs is 1. The van der Waals surface area contributed by atoms with Crippen LogP contribution in [0.4, 0.5) is 10.9 Å². The third kappa shape index (κ3) is 7.64. The van der Waals surface area contributed by atoms with Crippen LogP contribution in [-0.2, 0) is 21.4 Å². The van der Waals surface area contributed by atoms with Crippen LogP contribution in [0.5, 0.6) is 5.88 Å². The van der Waals surface area contributed by atoms with Crippen molar-refractivity contribution in [3.63, 3.8) is 0 Å². The molecule has 2 saturated heterocycles. The molecule has 6 heterocycles. The fraction of sp³-hybridized carbons (Fsp3) is 0.595. The first-order valence-electron chi connectivity index (χ1n) is 19.1. The molecule has 1 amide bonds. The lowest BCUT2D eigenvalue weighted by Crippen LogP contribution is -2.45. The lowest BCUT2D eigenvalue weighted by molar-refractivity contribution is -0.150. The van der Waals surface area contributed by atoms with E-state index in [1.807, 2.05) is 20.8 Å². The van der Waals surface area contributed by atoms with E-state index >= 15 is 0 Å². The molecule has 2 aliphatic heterocycles. The number of ether oxygens (including phenoxy) is 1. The number of nitrogens with two attached hydrogens (primary N) is 1. The smallest absolute Gasteiger partial charge is 0.326 e. The van der Waals surface area contributed by atoms with Crippen LogP contribution < -0.4 is 15.4 Å². The Morgan fingerprint density at radius 3 is 2.82 bits per heavy atom. The standard InChI is InChI=1S/C37H48N12O6S/c1-21(2)30(33(51)48-19-23(50)16-26(48)34(52)53)49-20-28(43-45-49)54-15-7-13-46-12-6-14-47(22(3)18-46)36-40-11-9-25(41-36)32-42-35(55-44-32)37(4)10-5-8-27-29(37)24(17-38)31(39)56-27/h9,11,20-23,26,30,50H,5-8,10,12-16,18-19,39H2,1-4H3,(H,52,53)/t22-,23+,26-,30?,37-/m0/s1. The topological polar surface area (TPSA) is 239 Å². The second-order valence-corrected chi connectivity index (χ2v) is 16.6. The van der Waals surface area contributed by atoms with Gasteiger partial charge in [-0.1, -0.05) is 29.3 Å². The van der Waals surface area contributed by atoms with E-state index in [-0.39, 0.29) is 30.8 Å². The van der Waals surface area contributed by atoms with Gasteiger partial charge in [-0.05, 0) is 64.5 Å². The molecule has 0 saturated carbocycles. The summed E-state index contributed by atoms with van der Waals surface area (Å²) < 4.78 is 13.2. The number of nitrogens with zero attached hydrogens (tertiary/aromatic N) is 11. The summed E-state index contributed by atoms with van der Waals surface area (Å²) in [7, 11) is 0. The number of aryl methyl sites for hydroxylation is 1. The van der Waals surface area contributed by atoms with Gasteiger partial charge in [0.05, 0.1) is 29.9 Å². The first-order chi connectivity index (χ1) is 26.9. The molecular formula is C37H48N12O6S. The van der Waals surface area contributed by atoms with E-state index in [1.165, 1.54) is 20.9 Å². The van der Waals surface area contributed by atoms with Gasteiger partial charge in [0.2, 0.25) is 23.6 Å². The van der Waals surface area contributed by atoms with Gasteiger partial charge in [-0.15, -0.1) is 11.3 Å². The Labute approximate surface area is 328 Å². The summed E-state index contributed by atoms with van der Waals surface area (Å²) in [6, 6.07) is 2.31. The summed E-state index contributed by atoms with van der Waals surface area (Å²) in [5.41, 5.74) is 7.56. The van der Waals surface area contributed by atoms with Crippen LogP contribution in [0, 0.1) is 17.2 Å². The zero-order chi connectivity index (χ0) is 39.7. The summed E-state index contributed by atoms with van der Waals surface area (Å²) in [5.74, 6) is -0.0898. The number of anilines is 2. The van der Waals surface area contributed by atoms with Gasteiger partial charge in [0.15, 0.2) is 0 Å². The SMILES string of the molecule is CC(C)C(C(=O)N1C[C@H](O)C[C@H]1C(=O)O)n1cc(OCCCN2CCCN(c3nccc(-c4noc([C@@]5(C)CCCc6sc(N)c(C#N)c65)n4)n3)[C@@H](C)C2)nn1. The number of rotatable bonds is 12. The molecule has 4 N–H and O–H groups in total. The van der Waals surface area contributed by atoms with Gasteiger partial charge in [0, 0.05) is 55.3 Å². The lowest BCUT2D eigenvalue weighted by atomic mass is 9.72. The number of aromatic nitrogens is 7. The van der Waals surface area contributed by atoms with E-state index < -0.39 is 35.5 Å². The molecule has 1 unspecified atom stereocenters. The number of nitriles is 1. The average molecular weight is 789 g/mol. The van der Waals surface area contributed by atoms with E-state index in [0.717, 1.165) is 68.7 Å². The van der Waals surface area contributed by atoms with Crippen molar-refractivity contribution in [1.82, 2.24) is 44.9 Å². The van der Waals surface area contributed by atoms with Crippen molar-refractivity contribution in [2.45, 2.75) is 95.9 Å². The van der Waals surface area contributed by atoms with E-state index in [4.69, 9.17) is 25.0 Å². The number of aliphatic hydroxyl groups is 1. The van der Waals surface area contributed by atoms with Gasteiger partial charge in [0.25, 0.3) is 5.88 Å². The maximum Gasteiger partial charge on any atom is 0.326 e. The number of aliphatic hydroxyl groups excluding tert-OH is 1. The number of likely N-dealkylation sites (tertiary alicyclic amines) is 1. The first kappa shape index (κ1) is 39.1. The van der Waals surface area contributed by atoms with Crippen LogP contribution in [0.15, 0.2) is 23.0 Å². The zero-order valence-corrected chi connectivity index (χ0v) is 32.9. The molecule has 0 aromatic carbocycles. The Bertz CT molecular complexity index is 2090. The van der Waals surface area contributed by atoms with E-state index in [1.54, 1.807) is 18.5 Å². The quantitative estimate of drug-likeness (QED) is 0.175. The van der Waals surface area contributed by atoms with Crippen molar-refractivity contribution in [1.29, 1.82) is 5.26 Å². The molecule has 1 aliphatic carbocycles. The van der Waals surface area contributed by atoms with Crippen LogP contribution in [0.1, 0.15) is 87.7 Å².